The molecule has 4 heterocycles. The molecule has 3 aromatic heterocycles. The van der Waals surface area contributed by atoms with Gasteiger partial charge in [-0.3, -0.25) is 19.4 Å². The molecule has 60 heavy (non-hydrogen) atoms. The highest BCUT2D eigenvalue weighted by atomic mass is 16.5. The van der Waals surface area contributed by atoms with Crippen LogP contribution in [0.5, 0.6) is 0 Å². The summed E-state index contributed by atoms with van der Waals surface area (Å²) in [6.45, 7) is 10.8. The zero-order valence-electron chi connectivity index (χ0n) is 36.3. The molecule has 0 radical (unpaired) electrons. The van der Waals surface area contributed by atoms with Gasteiger partial charge in [-0.2, -0.15) is 0 Å². The molecule has 0 spiro atoms. The number of benzene rings is 2. The number of aryl methyl sites for hydroxylation is 1. The van der Waals surface area contributed by atoms with Crippen molar-refractivity contribution in [3.63, 3.8) is 0 Å². The molecule has 0 saturated carbocycles. The molecule has 0 aliphatic carbocycles. The largest absolute Gasteiger partial charge is 0.483 e. The lowest BCUT2D eigenvalue weighted by Gasteiger charge is -2.29. The van der Waals surface area contributed by atoms with Crippen LogP contribution >= 0.6 is 0 Å². The topological polar surface area (TPSA) is 220 Å². The van der Waals surface area contributed by atoms with Crippen LogP contribution in [-0.4, -0.2) is 119 Å². The summed E-state index contributed by atoms with van der Waals surface area (Å²) in [5.74, 6) is 2.22. The maximum Gasteiger partial charge on any atom is 0.292 e. The van der Waals surface area contributed by atoms with E-state index in [1.165, 1.54) is 13.5 Å². The highest BCUT2D eigenvalue weighted by molar-refractivity contribution is 5.83. The number of carboxylic acid groups (broad SMARTS) is 1. The first-order valence-corrected chi connectivity index (χ1v) is 20.3. The number of rotatable bonds is 15. The number of hydrogen-bond acceptors (Lipinski definition) is 12. The summed E-state index contributed by atoms with van der Waals surface area (Å²) < 4.78 is 3.86. The Morgan fingerprint density at radius 3 is 2.12 bits per heavy atom. The molecule has 16 nitrogen and oxygen atoms in total. The summed E-state index contributed by atoms with van der Waals surface area (Å²) in [6, 6.07) is 14.2. The molecule has 0 bridgehead atoms. The van der Waals surface area contributed by atoms with Crippen molar-refractivity contribution in [3.8, 4) is 33.8 Å². The maximum atomic E-state index is 13.3. The summed E-state index contributed by atoms with van der Waals surface area (Å²) in [7, 11) is 6.88. The number of aromatic nitrogens is 6. The molecule has 1 aliphatic rings. The van der Waals surface area contributed by atoms with E-state index in [0.717, 1.165) is 108 Å². The van der Waals surface area contributed by atoms with Gasteiger partial charge in [0.1, 0.15) is 17.9 Å². The number of likely N-dealkylation sites (tertiary alicyclic amines) is 1. The van der Waals surface area contributed by atoms with Crippen molar-refractivity contribution in [2.75, 3.05) is 47.9 Å². The minimum Gasteiger partial charge on any atom is -0.483 e. The number of fused-ring (bicyclic) bond motifs is 1. The second-order valence-electron chi connectivity index (χ2n) is 14.1. The first-order chi connectivity index (χ1) is 29.1. The Hall–Kier alpha value is -5.84. The Bertz CT molecular complexity index is 1980. The van der Waals surface area contributed by atoms with E-state index in [-0.39, 0.29) is 30.4 Å². The third-order valence-electron chi connectivity index (χ3n) is 9.14. The van der Waals surface area contributed by atoms with Crippen LogP contribution in [0.2, 0.25) is 0 Å². The number of nitrogens with one attached hydrogen (secondary N) is 5. The number of methoxy groups -OCH3 is 1. The smallest absolute Gasteiger partial charge is 0.292 e. The van der Waals surface area contributed by atoms with Crippen LogP contribution in [0.15, 0.2) is 61.1 Å². The van der Waals surface area contributed by atoms with Crippen molar-refractivity contribution in [3.05, 3.63) is 72.7 Å². The van der Waals surface area contributed by atoms with E-state index in [2.05, 4.69) is 99.7 Å². The van der Waals surface area contributed by atoms with E-state index in [0.29, 0.717) is 13.0 Å². The van der Waals surface area contributed by atoms with Gasteiger partial charge in [0, 0.05) is 24.1 Å². The van der Waals surface area contributed by atoms with Crippen LogP contribution < -0.4 is 16.0 Å². The lowest BCUT2D eigenvalue weighted by molar-refractivity contribution is -0.135. The molecule has 6 rings (SSSR count). The van der Waals surface area contributed by atoms with E-state index < -0.39 is 0 Å². The number of ether oxygens (including phenoxy) is 1. The van der Waals surface area contributed by atoms with E-state index in [1.807, 2.05) is 43.7 Å². The second-order valence-corrected chi connectivity index (χ2v) is 14.1. The Morgan fingerprint density at radius 2 is 1.53 bits per heavy atom. The predicted octanol–water partition coefficient (Wildman–Crippen LogP) is 5.84. The number of aromatic amines is 2. The summed E-state index contributed by atoms with van der Waals surface area (Å²) in [4.78, 5) is 67.8. The fourth-order valence-electron chi connectivity index (χ4n) is 6.34. The van der Waals surface area contributed by atoms with Gasteiger partial charge in [-0.1, -0.05) is 64.4 Å². The highest BCUT2D eigenvalue weighted by Crippen LogP contribution is 2.33. The summed E-state index contributed by atoms with van der Waals surface area (Å²) in [5.41, 5.74) is 7.51. The van der Waals surface area contributed by atoms with Crippen LogP contribution in [0.1, 0.15) is 77.5 Å². The highest BCUT2D eigenvalue weighted by Gasteiger charge is 2.36. The third-order valence-corrected chi connectivity index (χ3v) is 9.14. The average Bonchev–Trinajstić information content (AvgIpc) is 4.06. The van der Waals surface area contributed by atoms with Gasteiger partial charge in [0.05, 0.1) is 72.4 Å². The second kappa shape index (κ2) is 28.6. The lowest BCUT2D eigenvalue weighted by Crippen LogP contribution is -2.47. The molecular weight excluding hydrogens is 765 g/mol. The number of aldehydes is 1. The predicted molar refractivity (Wildman–Crippen MR) is 236 cm³/mol. The van der Waals surface area contributed by atoms with E-state index in [9.17, 15) is 9.59 Å². The molecule has 1 saturated heterocycles. The number of unbranched alkanes of at least 4 members (excludes halogenated alkanes) is 1. The van der Waals surface area contributed by atoms with Crippen LogP contribution in [0.4, 0.5) is 0 Å². The summed E-state index contributed by atoms with van der Waals surface area (Å²) >= 11 is 0. The number of nitrogens with zero attached hydrogens (tertiary/aromatic N) is 5. The average molecular weight is 829 g/mol. The number of imidazole rings is 2. The van der Waals surface area contributed by atoms with Crippen molar-refractivity contribution in [1.82, 2.24) is 50.8 Å². The Morgan fingerprint density at radius 1 is 0.900 bits per heavy atom. The molecule has 2 atom stereocenters. The number of carbonyl (C=O) groups excluding carboxylic acids is 3. The molecule has 1 amide bonds. The van der Waals surface area contributed by atoms with Gasteiger partial charge in [-0.15, -0.1) is 0 Å². The van der Waals surface area contributed by atoms with E-state index >= 15 is 0 Å². The Kier molecular flexibility index (Phi) is 23.9. The van der Waals surface area contributed by atoms with Crippen LogP contribution in [0.25, 0.3) is 44.8 Å². The van der Waals surface area contributed by atoms with Gasteiger partial charge in [0.2, 0.25) is 5.91 Å². The molecule has 16 heteroatoms. The van der Waals surface area contributed by atoms with Crippen LogP contribution in [0.3, 0.4) is 0 Å². The van der Waals surface area contributed by atoms with E-state index in [1.54, 1.807) is 7.05 Å². The molecule has 326 valence electrons. The van der Waals surface area contributed by atoms with Gasteiger partial charge in [0.25, 0.3) is 12.9 Å². The zero-order chi connectivity index (χ0) is 44.3. The molecule has 1 fully saturated rings. The number of likely N-dealkylation sites (N-methyl/N-ethyl adjacent to an activating group) is 2. The monoisotopic (exact) mass is 829 g/mol. The van der Waals surface area contributed by atoms with Crippen molar-refractivity contribution in [2.45, 2.75) is 78.3 Å². The third kappa shape index (κ3) is 15.7. The molecule has 1 aliphatic heterocycles. The number of hydrogen-bond donors (Lipinski definition) is 6. The standard InChI is InChI=1S/C35H43N9O.C3H7NO.C3H8.C2H4O2.CH2O2/c1-22(2)33(37-4)35(45)44-17-7-8-31(44)34-40-21-29(43-34)24-12-10-23(11-13-24)28-19-38-27-18-25(14-15-26(27)41-28)30-20-39-32(42-30)9-5-6-16-36-3;1-4-2-3-5;1-3-2;1-4-2-3;2-1-3/h10-15,18-22,31,33,36-37H,5-9,16-17H2,1-4H3,(H,39,42)(H,40,43);3-4H,2H2,1H3;3H2,1-2H3;2H,1H3;1H,(H,2,3). The molecular formula is C44H64N10O6. The number of amides is 1. The molecule has 6 N–H and O–H groups in total. The molecule has 2 unspecified atom stereocenters. The van der Waals surface area contributed by atoms with E-state index in [4.69, 9.17) is 29.6 Å². The van der Waals surface area contributed by atoms with Gasteiger partial charge in [-0.25, -0.2) is 15.0 Å². The zero-order valence-corrected chi connectivity index (χ0v) is 36.3. The first-order valence-electron chi connectivity index (χ1n) is 20.3. The Labute approximate surface area is 353 Å². The first kappa shape index (κ1) is 50.3. The lowest BCUT2D eigenvalue weighted by atomic mass is 10.0. The number of H-pyrrole nitrogens is 2. The van der Waals surface area contributed by atoms with Crippen LogP contribution in [0, 0.1) is 5.92 Å². The minimum atomic E-state index is -0.250. The minimum absolute atomic E-state index is 0.0304. The molecule has 2 aromatic carbocycles. The normalized spacial score (nSPS) is 13.3. The fourth-order valence-corrected chi connectivity index (χ4v) is 6.34. The van der Waals surface area contributed by atoms with Gasteiger partial charge in [0.15, 0.2) is 0 Å². The van der Waals surface area contributed by atoms with Gasteiger partial charge < -0.3 is 45.5 Å². The van der Waals surface area contributed by atoms with Crippen molar-refractivity contribution in [1.29, 1.82) is 0 Å². The van der Waals surface area contributed by atoms with Crippen LogP contribution in [-0.2, 0) is 30.3 Å². The van der Waals surface area contributed by atoms with Crippen molar-refractivity contribution in [2.24, 2.45) is 5.92 Å². The SMILES string of the molecule is CCC.CNCC=O.CNCCCCc1ncc(-c2ccc3nc(-c4ccc(-c5cnc(C6CCCN6C(=O)C(NC)C(C)C)[nH]5)cc4)cnc3c2)[nH]1.COC=O.O=CO. The van der Waals surface area contributed by atoms with Crippen molar-refractivity contribution >= 4 is 36.2 Å². The summed E-state index contributed by atoms with van der Waals surface area (Å²) in [6.07, 6.45) is 12.7. The van der Waals surface area contributed by atoms with Gasteiger partial charge >= 0.3 is 0 Å². The summed E-state index contributed by atoms with van der Waals surface area (Å²) in [5, 5.41) is 15.9. The van der Waals surface area contributed by atoms with Gasteiger partial charge in [-0.05, 0) is 77.0 Å². The number of carbonyl (C=O) groups is 4. The molecule has 5 aromatic rings. The maximum absolute atomic E-state index is 13.3. The van der Waals surface area contributed by atoms with Crippen molar-refractivity contribution < 1.29 is 29.0 Å². The Balaban J connectivity index is 0.000000718. The fraction of sp³-hybridized carbons (Fsp3) is 0.455. The quantitative estimate of drug-likeness (QED) is 0.0541.